The minimum Gasteiger partial charge on any atom is -0.739 e. The number of carbonyl (C=O) groups excluding carboxylic acids is 1. The van der Waals surface area contributed by atoms with Crippen LogP contribution in [-0.4, -0.2) is 24.7 Å². The number of carboxylic acids is 1. The first-order valence-electron chi connectivity index (χ1n) is 1.72. The molecule has 0 aliphatic heterocycles. The van der Waals surface area contributed by atoms with Crippen LogP contribution in [0.25, 0.3) is 0 Å². The third-order valence-electron chi connectivity index (χ3n) is 0.321. The van der Waals surface area contributed by atoms with Crippen LogP contribution in [0.4, 0.5) is 0 Å². The molecule has 0 aliphatic carbocycles. The standard InChI is InChI=1S/C2H4O5S2.2Na/c3-2(4)1-8-9(5,6)7;;/h1H2,(H,3,4)(H,5,6,7);;/q;2*+1/p-2. The Morgan fingerprint density at radius 2 is 1.73 bits per heavy atom. The van der Waals surface area contributed by atoms with E-state index in [4.69, 9.17) is 0 Å². The molecule has 11 heavy (non-hydrogen) atoms. The van der Waals surface area contributed by atoms with Crippen molar-refractivity contribution in [1.82, 2.24) is 0 Å². The van der Waals surface area contributed by atoms with Gasteiger partial charge in [0.1, 0.15) is 9.15 Å². The Balaban J connectivity index is -0.000000320. The van der Waals surface area contributed by atoms with E-state index in [1.165, 1.54) is 0 Å². The van der Waals surface area contributed by atoms with Gasteiger partial charge in [0.25, 0.3) is 0 Å². The molecule has 0 saturated heterocycles. The van der Waals surface area contributed by atoms with Crippen LogP contribution in [-0.2, 0) is 13.9 Å². The summed E-state index contributed by atoms with van der Waals surface area (Å²) in [5.74, 6) is -2.38. The summed E-state index contributed by atoms with van der Waals surface area (Å²) < 4.78 is 29.0. The van der Waals surface area contributed by atoms with Gasteiger partial charge in [0.05, 0.1) is 5.97 Å². The molecule has 0 rings (SSSR count). The second-order valence-corrected chi connectivity index (χ2v) is 4.32. The fourth-order valence-corrected chi connectivity index (χ4v) is 1.08. The van der Waals surface area contributed by atoms with Crippen LogP contribution in [0.2, 0.25) is 0 Å². The van der Waals surface area contributed by atoms with E-state index in [0.29, 0.717) is 0 Å². The summed E-state index contributed by atoms with van der Waals surface area (Å²) in [6.07, 6.45) is 0. The van der Waals surface area contributed by atoms with Gasteiger partial charge >= 0.3 is 59.1 Å². The largest absolute Gasteiger partial charge is 1.00 e. The molecule has 0 fully saturated rings. The van der Waals surface area contributed by atoms with Crippen molar-refractivity contribution in [3.8, 4) is 0 Å². The SMILES string of the molecule is O=C([O-])CSS(=O)(=O)[O-].[Na+].[Na+]. The van der Waals surface area contributed by atoms with Gasteiger partial charge in [-0.1, -0.05) is 0 Å². The van der Waals surface area contributed by atoms with Crippen LogP contribution in [0.15, 0.2) is 0 Å². The zero-order valence-corrected chi connectivity index (χ0v) is 11.7. The van der Waals surface area contributed by atoms with Crippen molar-refractivity contribution in [2.75, 3.05) is 5.75 Å². The van der Waals surface area contributed by atoms with Crippen LogP contribution < -0.4 is 64.2 Å². The van der Waals surface area contributed by atoms with Crippen LogP contribution >= 0.6 is 10.8 Å². The molecule has 54 valence electrons. The summed E-state index contributed by atoms with van der Waals surface area (Å²) in [4.78, 5) is 9.51. The van der Waals surface area contributed by atoms with Gasteiger partial charge in [0.15, 0.2) is 0 Å². The molecule has 0 aromatic carbocycles. The number of rotatable bonds is 3. The van der Waals surface area contributed by atoms with Gasteiger partial charge in [-0.2, -0.15) is 0 Å². The molecular formula is C2H2Na2O5S2. The van der Waals surface area contributed by atoms with Crippen molar-refractivity contribution in [2.45, 2.75) is 0 Å². The molecule has 0 amide bonds. The van der Waals surface area contributed by atoms with Gasteiger partial charge in [-0.15, -0.1) is 0 Å². The molecule has 5 nitrogen and oxygen atoms in total. The Kier molecular flexibility index (Phi) is 14.0. The van der Waals surface area contributed by atoms with Crippen LogP contribution in [0.3, 0.4) is 0 Å². The first kappa shape index (κ1) is 18.5. The number of aliphatic carboxylic acids is 1. The molecule has 0 aromatic heterocycles. The maximum atomic E-state index is 9.65. The Labute approximate surface area is 112 Å². The zero-order chi connectivity index (χ0) is 7.49. The molecule has 0 bridgehead atoms. The summed E-state index contributed by atoms with van der Waals surface area (Å²) in [6, 6.07) is 0. The fraction of sp³-hybridized carbons (Fsp3) is 0.500. The van der Waals surface area contributed by atoms with E-state index in [1.807, 2.05) is 0 Å². The predicted octanol–water partition coefficient (Wildman–Crippen LogP) is -8.06. The summed E-state index contributed by atoms with van der Waals surface area (Å²) in [5.41, 5.74) is 0. The Hall–Kier alpha value is 1.73. The summed E-state index contributed by atoms with van der Waals surface area (Å²) in [5, 5.41) is 9.51. The Morgan fingerprint density at radius 3 is 1.82 bits per heavy atom. The van der Waals surface area contributed by atoms with Crippen molar-refractivity contribution in [3.05, 3.63) is 0 Å². The molecule has 0 spiro atoms. The fourth-order valence-electron chi connectivity index (χ4n) is 0.120. The Bertz CT molecular complexity index is 199. The van der Waals surface area contributed by atoms with Crippen molar-refractivity contribution in [1.29, 1.82) is 0 Å². The molecule has 0 radical (unpaired) electrons. The number of hydrogen-bond acceptors (Lipinski definition) is 6. The maximum absolute atomic E-state index is 9.65. The van der Waals surface area contributed by atoms with Gasteiger partial charge in [-0.25, -0.2) is 8.42 Å². The minimum absolute atomic E-state index is 0. The second-order valence-electron chi connectivity index (χ2n) is 1.04. The van der Waals surface area contributed by atoms with Gasteiger partial charge in [0.2, 0.25) is 0 Å². The molecule has 0 aliphatic rings. The van der Waals surface area contributed by atoms with Crippen LogP contribution in [0.1, 0.15) is 0 Å². The number of carboxylic acid groups (broad SMARTS) is 1. The smallest absolute Gasteiger partial charge is 0.739 e. The van der Waals surface area contributed by atoms with Crippen molar-refractivity contribution >= 4 is 25.9 Å². The van der Waals surface area contributed by atoms with E-state index in [0.717, 1.165) is 0 Å². The normalized spacial score (nSPS) is 9.18. The van der Waals surface area contributed by atoms with Crippen LogP contribution in [0, 0.1) is 0 Å². The average Bonchev–Trinajstić information content (AvgIpc) is 1.59. The third kappa shape index (κ3) is 18.6. The average molecular weight is 216 g/mol. The number of carbonyl (C=O) groups is 1. The molecule has 0 N–H and O–H groups in total. The van der Waals surface area contributed by atoms with E-state index in [-0.39, 0.29) is 69.9 Å². The van der Waals surface area contributed by atoms with E-state index < -0.39 is 20.9 Å². The van der Waals surface area contributed by atoms with Crippen molar-refractivity contribution < 1.29 is 82.0 Å². The maximum Gasteiger partial charge on any atom is 1.00 e. The summed E-state index contributed by atoms with van der Waals surface area (Å²) >= 11 is 0. The Morgan fingerprint density at radius 1 is 1.36 bits per heavy atom. The summed E-state index contributed by atoms with van der Waals surface area (Å²) in [7, 11) is -4.68. The molecule has 0 heterocycles. The topological polar surface area (TPSA) is 97.3 Å². The monoisotopic (exact) mass is 216 g/mol. The molecule has 0 saturated carbocycles. The molecule has 0 aromatic rings. The van der Waals surface area contributed by atoms with E-state index >= 15 is 0 Å². The van der Waals surface area contributed by atoms with Crippen LogP contribution in [0.5, 0.6) is 0 Å². The van der Waals surface area contributed by atoms with Gasteiger partial charge in [-0.05, 0) is 10.8 Å². The second kappa shape index (κ2) is 8.33. The molecular weight excluding hydrogens is 214 g/mol. The first-order valence-corrected chi connectivity index (χ1v) is 4.63. The van der Waals surface area contributed by atoms with Gasteiger partial charge in [-0.3, -0.25) is 0 Å². The van der Waals surface area contributed by atoms with E-state index in [9.17, 15) is 22.9 Å². The van der Waals surface area contributed by atoms with Gasteiger partial charge in [0, 0.05) is 5.75 Å². The van der Waals surface area contributed by atoms with Crippen molar-refractivity contribution in [2.24, 2.45) is 0 Å². The predicted molar refractivity (Wildman–Crippen MR) is 27.2 cm³/mol. The zero-order valence-electron chi connectivity index (χ0n) is 6.06. The number of hydrogen-bond donors (Lipinski definition) is 0. The summed E-state index contributed by atoms with van der Waals surface area (Å²) in [6.45, 7) is 0. The van der Waals surface area contributed by atoms with E-state index in [1.54, 1.807) is 0 Å². The molecule has 0 unspecified atom stereocenters. The van der Waals surface area contributed by atoms with Crippen molar-refractivity contribution in [3.63, 3.8) is 0 Å². The molecule has 0 atom stereocenters. The third-order valence-corrected chi connectivity index (χ3v) is 2.18. The minimum atomic E-state index is -4.47. The van der Waals surface area contributed by atoms with Gasteiger partial charge < -0.3 is 14.5 Å². The van der Waals surface area contributed by atoms with E-state index in [2.05, 4.69) is 0 Å². The quantitative estimate of drug-likeness (QED) is 0.264. The first-order chi connectivity index (χ1) is 3.92. The molecule has 9 heteroatoms.